The number of nitrogens with zero attached hydrogens (tertiary/aromatic N) is 1. The summed E-state index contributed by atoms with van der Waals surface area (Å²) >= 11 is 0. The smallest absolute Gasteiger partial charge is 0.416 e. The third kappa shape index (κ3) is 5.06. The van der Waals surface area contributed by atoms with E-state index in [0.29, 0.717) is 18.2 Å². The van der Waals surface area contributed by atoms with Gasteiger partial charge in [0.15, 0.2) is 0 Å². The first-order chi connectivity index (χ1) is 13.9. The van der Waals surface area contributed by atoms with E-state index >= 15 is 0 Å². The molecule has 162 valence electrons. The van der Waals surface area contributed by atoms with Gasteiger partial charge in [-0.3, -0.25) is 4.79 Å². The van der Waals surface area contributed by atoms with Crippen LogP contribution in [0.25, 0.3) is 0 Å². The molecule has 0 aliphatic carbocycles. The first-order valence-corrected chi connectivity index (χ1v) is 9.30. The second-order valence-corrected chi connectivity index (χ2v) is 7.30. The van der Waals surface area contributed by atoms with Crippen LogP contribution in [-0.4, -0.2) is 23.7 Å². The molecule has 1 unspecified atom stereocenters. The summed E-state index contributed by atoms with van der Waals surface area (Å²) in [6.07, 6.45) is -8.35. The molecule has 0 radical (unpaired) electrons. The SMILES string of the molecule is O=C(O)CC1CCCN1c1ccc(Cc2ccc(C(F)(F)F)cc2C(F)(F)F)cc1. The summed E-state index contributed by atoms with van der Waals surface area (Å²) in [5.41, 5.74) is -1.60. The summed E-state index contributed by atoms with van der Waals surface area (Å²) in [5, 5.41) is 9.02. The molecule has 1 heterocycles. The molecule has 2 aromatic rings. The summed E-state index contributed by atoms with van der Waals surface area (Å²) in [5.74, 6) is -0.898. The molecule has 1 saturated heterocycles. The van der Waals surface area contributed by atoms with Gasteiger partial charge in [0, 0.05) is 18.3 Å². The van der Waals surface area contributed by atoms with Crippen LogP contribution in [0.2, 0.25) is 0 Å². The van der Waals surface area contributed by atoms with Crippen molar-refractivity contribution in [3.05, 3.63) is 64.7 Å². The zero-order valence-electron chi connectivity index (χ0n) is 15.7. The lowest BCUT2D eigenvalue weighted by Gasteiger charge is -2.26. The Labute approximate surface area is 168 Å². The first kappa shape index (κ1) is 22.0. The second kappa shape index (κ2) is 8.20. The van der Waals surface area contributed by atoms with Crippen molar-refractivity contribution in [2.75, 3.05) is 11.4 Å². The number of hydrogen-bond acceptors (Lipinski definition) is 2. The predicted molar refractivity (Wildman–Crippen MR) is 98.3 cm³/mol. The van der Waals surface area contributed by atoms with E-state index in [1.165, 1.54) is 0 Å². The zero-order valence-corrected chi connectivity index (χ0v) is 15.7. The summed E-state index contributed by atoms with van der Waals surface area (Å²) in [6, 6.07) is 8.15. The Hall–Kier alpha value is -2.71. The molecule has 1 aliphatic heterocycles. The number of anilines is 1. The average molecular weight is 431 g/mol. The van der Waals surface area contributed by atoms with Crippen LogP contribution in [0.5, 0.6) is 0 Å². The predicted octanol–water partition coefficient (Wildman–Crippen LogP) is 5.76. The lowest BCUT2D eigenvalue weighted by Crippen LogP contribution is -2.31. The Balaban J connectivity index is 1.82. The topological polar surface area (TPSA) is 40.5 Å². The van der Waals surface area contributed by atoms with E-state index in [4.69, 9.17) is 5.11 Å². The molecule has 3 nitrogen and oxygen atoms in total. The van der Waals surface area contributed by atoms with Crippen molar-refractivity contribution in [2.45, 2.75) is 44.1 Å². The van der Waals surface area contributed by atoms with Crippen LogP contribution in [-0.2, 0) is 23.6 Å². The summed E-state index contributed by atoms with van der Waals surface area (Å²) in [7, 11) is 0. The van der Waals surface area contributed by atoms with Gasteiger partial charge in [-0.1, -0.05) is 18.2 Å². The van der Waals surface area contributed by atoms with Crippen molar-refractivity contribution in [3.63, 3.8) is 0 Å². The number of benzene rings is 2. The number of rotatable bonds is 5. The minimum absolute atomic E-state index is 0.00223. The molecule has 0 saturated carbocycles. The Kier molecular flexibility index (Phi) is 6.01. The maximum absolute atomic E-state index is 13.3. The standard InChI is InChI=1S/C21H19F6NO2/c22-20(23,24)15-6-5-14(18(11-15)21(25,26)27)10-13-3-7-16(8-4-13)28-9-1-2-17(28)12-19(29)30/h3-8,11,17H,1-2,9-10,12H2,(H,29,30). The van der Waals surface area contributed by atoms with E-state index in [-0.39, 0.29) is 30.5 Å². The van der Waals surface area contributed by atoms with Crippen LogP contribution < -0.4 is 4.90 Å². The van der Waals surface area contributed by atoms with Gasteiger partial charge in [-0.15, -0.1) is 0 Å². The maximum atomic E-state index is 13.3. The molecule has 0 bridgehead atoms. The molecule has 0 spiro atoms. The van der Waals surface area contributed by atoms with Gasteiger partial charge < -0.3 is 10.0 Å². The van der Waals surface area contributed by atoms with Crippen molar-refractivity contribution in [2.24, 2.45) is 0 Å². The van der Waals surface area contributed by atoms with Gasteiger partial charge >= 0.3 is 18.3 Å². The van der Waals surface area contributed by atoms with Crippen LogP contribution >= 0.6 is 0 Å². The minimum atomic E-state index is -4.91. The van der Waals surface area contributed by atoms with Gasteiger partial charge in [0.05, 0.1) is 17.5 Å². The van der Waals surface area contributed by atoms with Crippen molar-refractivity contribution in [3.8, 4) is 0 Å². The minimum Gasteiger partial charge on any atom is -0.481 e. The fraction of sp³-hybridized carbons (Fsp3) is 0.381. The summed E-state index contributed by atoms with van der Waals surface area (Å²) in [4.78, 5) is 13.0. The number of alkyl halides is 6. The van der Waals surface area contributed by atoms with E-state index in [1.807, 2.05) is 4.90 Å². The number of aliphatic carboxylic acids is 1. The third-order valence-corrected chi connectivity index (χ3v) is 5.19. The third-order valence-electron chi connectivity index (χ3n) is 5.19. The van der Waals surface area contributed by atoms with Gasteiger partial charge in [0.25, 0.3) is 0 Å². The highest BCUT2D eigenvalue weighted by atomic mass is 19.4. The lowest BCUT2D eigenvalue weighted by molar-refractivity contribution is -0.143. The number of hydrogen-bond donors (Lipinski definition) is 1. The average Bonchev–Trinajstić information content (AvgIpc) is 3.08. The van der Waals surface area contributed by atoms with Gasteiger partial charge in [-0.25, -0.2) is 0 Å². The molecular weight excluding hydrogens is 412 g/mol. The molecular formula is C21H19F6NO2. The highest BCUT2D eigenvalue weighted by Crippen LogP contribution is 2.38. The van der Waals surface area contributed by atoms with Crippen molar-refractivity contribution >= 4 is 11.7 Å². The van der Waals surface area contributed by atoms with E-state index in [0.717, 1.165) is 24.6 Å². The maximum Gasteiger partial charge on any atom is 0.416 e. The van der Waals surface area contributed by atoms with E-state index < -0.39 is 29.4 Å². The normalized spacial score (nSPS) is 17.4. The molecule has 0 aromatic heterocycles. The van der Waals surface area contributed by atoms with E-state index in [9.17, 15) is 31.1 Å². The van der Waals surface area contributed by atoms with Gasteiger partial charge in [-0.2, -0.15) is 26.3 Å². The Morgan fingerprint density at radius 1 is 1.00 bits per heavy atom. The van der Waals surface area contributed by atoms with Crippen LogP contribution in [0.1, 0.15) is 41.5 Å². The zero-order chi connectivity index (χ0) is 22.1. The molecule has 1 aliphatic rings. The Morgan fingerprint density at radius 3 is 2.23 bits per heavy atom. The van der Waals surface area contributed by atoms with Crippen LogP contribution in [0, 0.1) is 0 Å². The Morgan fingerprint density at radius 2 is 1.67 bits per heavy atom. The molecule has 3 rings (SSSR count). The van der Waals surface area contributed by atoms with Gasteiger partial charge in [-0.05, 0) is 54.7 Å². The van der Waals surface area contributed by atoms with Crippen LogP contribution in [0.4, 0.5) is 32.0 Å². The second-order valence-electron chi connectivity index (χ2n) is 7.30. The Bertz CT molecular complexity index is 905. The fourth-order valence-electron chi connectivity index (χ4n) is 3.79. The van der Waals surface area contributed by atoms with Crippen molar-refractivity contribution in [1.29, 1.82) is 0 Å². The van der Waals surface area contributed by atoms with E-state index in [2.05, 4.69) is 0 Å². The number of carbonyl (C=O) groups is 1. The first-order valence-electron chi connectivity index (χ1n) is 9.30. The summed E-state index contributed by atoms with van der Waals surface area (Å²) in [6.45, 7) is 0.689. The van der Waals surface area contributed by atoms with Gasteiger partial charge in [0.2, 0.25) is 0 Å². The molecule has 30 heavy (non-hydrogen) atoms. The number of carboxylic acid groups (broad SMARTS) is 1. The highest BCUT2D eigenvalue weighted by Gasteiger charge is 2.38. The molecule has 1 N–H and O–H groups in total. The number of carboxylic acids is 1. The van der Waals surface area contributed by atoms with Gasteiger partial charge in [0.1, 0.15) is 0 Å². The molecule has 1 atom stereocenters. The number of halogens is 6. The highest BCUT2D eigenvalue weighted by molar-refractivity contribution is 5.69. The molecule has 2 aromatic carbocycles. The fourth-order valence-corrected chi connectivity index (χ4v) is 3.79. The van der Waals surface area contributed by atoms with Crippen molar-refractivity contribution < 1.29 is 36.2 Å². The lowest BCUT2D eigenvalue weighted by atomic mass is 9.97. The molecule has 9 heteroatoms. The molecule has 0 amide bonds. The van der Waals surface area contributed by atoms with Crippen molar-refractivity contribution in [1.82, 2.24) is 0 Å². The molecule has 1 fully saturated rings. The quantitative estimate of drug-likeness (QED) is 0.612. The monoisotopic (exact) mass is 431 g/mol. The van der Waals surface area contributed by atoms with E-state index in [1.54, 1.807) is 24.3 Å². The van der Waals surface area contributed by atoms with Crippen LogP contribution in [0.15, 0.2) is 42.5 Å². The summed E-state index contributed by atoms with van der Waals surface area (Å²) < 4.78 is 78.4. The largest absolute Gasteiger partial charge is 0.481 e. The van der Waals surface area contributed by atoms with Crippen LogP contribution in [0.3, 0.4) is 0 Å².